The fourth-order valence-electron chi connectivity index (χ4n) is 4.43. The summed E-state index contributed by atoms with van der Waals surface area (Å²) in [5.74, 6) is 0.694. The van der Waals surface area contributed by atoms with Crippen molar-refractivity contribution < 1.29 is 14.3 Å². The van der Waals surface area contributed by atoms with Gasteiger partial charge < -0.3 is 14.5 Å². The summed E-state index contributed by atoms with van der Waals surface area (Å²) < 4.78 is 5.52. The zero-order valence-electron chi connectivity index (χ0n) is 19.3. The van der Waals surface area contributed by atoms with Gasteiger partial charge in [0.25, 0.3) is 11.8 Å². The number of methoxy groups -OCH3 is 1. The Kier molecular flexibility index (Phi) is 6.21. The molecule has 0 radical (unpaired) electrons. The molecule has 2 amide bonds. The van der Waals surface area contributed by atoms with E-state index in [9.17, 15) is 9.59 Å². The Morgan fingerprint density at radius 2 is 1.50 bits per heavy atom. The lowest BCUT2D eigenvalue weighted by Gasteiger charge is -2.38. The zero-order valence-corrected chi connectivity index (χ0v) is 19.3. The molecule has 0 bridgehead atoms. The van der Waals surface area contributed by atoms with Crippen LogP contribution in [0.3, 0.4) is 0 Å². The Labute approximate surface area is 190 Å². The van der Waals surface area contributed by atoms with Crippen LogP contribution in [0.25, 0.3) is 5.57 Å². The van der Waals surface area contributed by atoms with Crippen LogP contribution in [0.15, 0.2) is 54.2 Å². The number of nitrogens with zero attached hydrogens (tertiary/aromatic N) is 3. The summed E-state index contributed by atoms with van der Waals surface area (Å²) in [4.78, 5) is 32.6. The third-order valence-electron chi connectivity index (χ3n) is 6.05. The molecule has 32 heavy (non-hydrogen) atoms. The maximum Gasteiger partial charge on any atom is 0.277 e. The van der Waals surface area contributed by atoms with Crippen LogP contribution in [0.2, 0.25) is 0 Å². The predicted molar refractivity (Wildman–Crippen MR) is 126 cm³/mol. The van der Waals surface area contributed by atoms with Gasteiger partial charge in [-0.2, -0.15) is 0 Å². The van der Waals surface area contributed by atoms with Gasteiger partial charge in [0, 0.05) is 32.7 Å². The van der Waals surface area contributed by atoms with Crippen LogP contribution >= 0.6 is 0 Å². The first-order valence-electron chi connectivity index (χ1n) is 11.2. The number of carbonyl (C=O) groups excluding carboxylic acids is 2. The number of hydrogen-bond acceptors (Lipinski definition) is 5. The molecule has 0 spiro atoms. The molecule has 0 unspecified atom stereocenters. The number of aryl methyl sites for hydroxylation is 1. The summed E-state index contributed by atoms with van der Waals surface area (Å²) in [6.07, 6.45) is 0. The molecule has 1 saturated heterocycles. The van der Waals surface area contributed by atoms with Crippen molar-refractivity contribution in [2.24, 2.45) is 5.92 Å². The van der Waals surface area contributed by atoms with Crippen LogP contribution in [0.1, 0.15) is 25.0 Å². The zero-order chi connectivity index (χ0) is 22.8. The summed E-state index contributed by atoms with van der Waals surface area (Å²) in [5.41, 5.74) is 4.05. The fraction of sp³-hybridized carbons (Fsp3) is 0.385. The lowest BCUT2D eigenvalue weighted by atomic mass is 10.0. The number of imide groups is 1. The lowest BCUT2D eigenvalue weighted by molar-refractivity contribution is -0.138. The standard InChI is InChI=1S/C26H31N3O3/c1-18(2)17-29-25(30)23(20-11-9-19(3)10-12-20)24(26(29)31)28-15-13-27(14-16-28)21-7-5-6-8-22(21)32-4/h5-12,18H,13-17H2,1-4H3. The van der Waals surface area contributed by atoms with Crippen LogP contribution in [-0.4, -0.2) is 61.4 Å². The SMILES string of the molecule is COc1ccccc1N1CCN(C2=C(c3ccc(C)cc3)C(=O)N(CC(C)C)C2=O)CC1. The number of carbonyl (C=O) groups is 2. The van der Waals surface area contributed by atoms with E-state index in [1.807, 2.05) is 63.2 Å². The topological polar surface area (TPSA) is 53.1 Å². The van der Waals surface area contributed by atoms with Crippen LogP contribution in [0.4, 0.5) is 5.69 Å². The molecule has 0 N–H and O–H groups in total. The maximum absolute atomic E-state index is 13.4. The Balaban J connectivity index is 1.64. The van der Waals surface area contributed by atoms with Crippen molar-refractivity contribution in [3.63, 3.8) is 0 Å². The molecule has 1 fully saturated rings. The number of ether oxygens (including phenoxy) is 1. The number of benzene rings is 2. The largest absolute Gasteiger partial charge is 0.495 e. The number of para-hydroxylation sites is 2. The van der Waals surface area contributed by atoms with Gasteiger partial charge >= 0.3 is 0 Å². The monoisotopic (exact) mass is 433 g/mol. The normalized spacial score (nSPS) is 17.1. The number of anilines is 1. The minimum atomic E-state index is -0.185. The van der Waals surface area contributed by atoms with Gasteiger partial charge in [-0.05, 0) is 30.5 Å². The summed E-state index contributed by atoms with van der Waals surface area (Å²) in [7, 11) is 1.68. The molecule has 2 aliphatic rings. The highest BCUT2D eigenvalue weighted by atomic mass is 16.5. The second-order valence-corrected chi connectivity index (χ2v) is 8.85. The van der Waals surface area contributed by atoms with E-state index in [4.69, 9.17) is 4.74 Å². The number of hydrogen-bond donors (Lipinski definition) is 0. The highest BCUT2D eigenvalue weighted by Crippen LogP contribution is 2.34. The molecule has 168 valence electrons. The maximum atomic E-state index is 13.4. The first kappa shape index (κ1) is 21.9. The summed E-state index contributed by atoms with van der Waals surface area (Å²) >= 11 is 0. The van der Waals surface area contributed by atoms with Crippen molar-refractivity contribution in [2.75, 3.05) is 44.7 Å². The Bertz CT molecular complexity index is 1030. The molecule has 6 heteroatoms. The molecule has 2 aliphatic heterocycles. The van der Waals surface area contributed by atoms with Gasteiger partial charge in [0.05, 0.1) is 18.4 Å². The average Bonchev–Trinajstić information content (AvgIpc) is 3.04. The lowest BCUT2D eigenvalue weighted by Crippen LogP contribution is -2.48. The van der Waals surface area contributed by atoms with Crippen molar-refractivity contribution in [3.8, 4) is 5.75 Å². The van der Waals surface area contributed by atoms with E-state index in [1.165, 1.54) is 4.90 Å². The molecule has 0 atom stereocenters. The summed E-state index contributed by atoms with van der Waals surface area (Å²) in [5, 5.41) is 0. The number of amides is 2. The molecule has 6 nitrogen and oxygen atoms in total. The van der Waals surface area contributed by atoms with E-state index in [-0.39, 0.29) is 17.7 Å². The minimum Gasteiger partial charge on any atom is -0.495 e. The van der Waals surface area contributed by atoms with Crippen LogP contribution in [-0.2, 0) is 9.59 Å². The molecule has 2 aromatic carbocycles. The van der Waals surface area contributed by atoms with E-state index in [0.717, 1.165) is 35.7 Å². The van der Waals surface area contributed by atoms with E-state index in [2.05, 4.69) is 15.9 Å². The van der Waals surface area contributed by atoms with Crippen molar-refractivity contribution in [1.82, 2.24) is 9.80 Å². The minimum absolute atomic E-state index is 0.176. The highest BCUT2D eigenvalue weighted by Gasteiger charge is 2.42. The van der Waals surface area contributed by atoms with Gasteiger partial charge in [-0.25, -0.2) is 0 Å². The second-order valence-electron chi connectivity index (χ2n) is 8.85. The Hall–Kier alpha value is -3.28. The molecule has 0 aromatic heterocycles. The summed E-state index contributed by atoms with van der Waals surface area (Å²) in [6.45, 7) is 9.31. The number of rotatable bonds is 6. The predicted octanol–water partition coefficient (Wildman–Crippen LogP) is 3.56. The first-order chi connectivity index (χ1) is 15.4. The van der Waals surface area contributed by atoms with Crippen molar-refractivity contribution in [3.05, 3.63) is 65.4 Å². The third kappa shape index (κ3) is 4.09. The van der Waals surface area contributed by atoms with E-state index in [0.29, 0.717) is 30.9 Å². The highest BCUT2D eigenvalue weighted by molar-refractivity contribution is 6.35. The average molecular weight is 434 g/mol. The molecule has 0 aliphatic carbocycles. The number of piperazine rings is 1. The van der Waals surface area contributed by atoms with Crippen LogP contribution in [0.5, 0.6) is 5.75 Å². The van der Waals surface area contributed by atoms with Gasteiger partial charge in [-0.3, -0.25) is 14.5 Å². The third-order valence-corrected chi connectivity index (χ3v) is 6.05. The molecule has 0 saturated carbocycles. The van der Waals surface area contributed by atoms with Crippen LogP contribution < -0.4 is 9.64 Å². The van der Waals surface area contributed by atoms with Gasteiger partial charge in [0.1, 0.15) is 11.4 Å². The van der Waals surface area contributed by atoms with Crippen molar-refractivity contribution >= 4 is 23.1 Å². The van der Waals surface area contributed by atoms with Gasteiger partial charge in [-0.15, -0.1) is 0 Å². The Morgan fingerprint density at radius 1 is 0.875 bits per heavy atom. The van der Waals surface area contributed by atoms with Gasteiger partial charge in [-0.1, -0.05) is 55.8 Å². The van der Waals surface area contributed by atoms with Gasteiger partial charge in [0.15, 0.2) is 0 Å². The van der Waals surface area contributed by atoms with Crippen LogP contribution in [0, 0.1) is 12.8 Å². The van der Waals surface area contributed by atoms with E-state index >= 15 is 0 Å². The van der Waals surface area contributed by atoms with Gasteiger partial charge in [0.2, 0.25) is 0 Å². The first-order valence-corrected chi connectivity index (χ1v) is 11.2. The van der Waals surface area contributed by atoms with Crippen molar-refractivity contribution in [2.45, 2.75) is 20.8 Å². The molecular formula is C26H31N3O3. The van der Waals surface area contributed by atoms with E-state index < -0.39 is 0 Å². The Morgan fingerprint density at radius 3 is 2.12 bits per heavy atom. The molecule has 2 heterocycles. The summed E-state index contributed by atoms with van der Waals surface area (Å²) in [6, 6.07) is 15.8. The smallest absolute Gasteiger partial charge is 0.277 e. The molecule has 4 rings (SSSR count). The fourth-order valence-corrected chi connectivity index (χ4v) is 4.43. The second kappa shape index (κ2) is 9.07. The quantitative estimate of drug-likeness (QED) is 0.652. The molecular weight excluding hydrogens is 402 g/mol. The van der Waals surface area contributed by atoms with E-state index in [1.54, 1.807) is 7.11 Å². The van der Waals surface area contributed by atoms with Crippen molar-refractivity contribution in [1.29, 1.82) is 0 Å². The molecule has 2 aromatic rings.